The second kappa shape index (κ2) is 7.38. The Morgan fingerprint density at radius 1 is 1.19 bits per heavy atom. The van der Waals surface area contributed by atoms with Crippen LogP contribution in [0.4, 0.5) is 5.69 Å². The predicted molar refractivity (Wildman–Crippen MR) is 89.4 cm³/mol. The first-order valence-corrected chi connectivity index (χ1v) is 7.75. The molecule has 0 aliphatic carbocycles. The lowest BCUT2D eigenvalue weighted by Gasteiger charge is -2.14. The van der Waals surface area contributed by atoms with Gasteiger partial charge in [0.15, 0.2) is 6.54 Å². The number of anilines is 1. The highest BCUT2D eigenvalue weighted by Gasteiger charge is 2.11. The molecule has 4 heteroatoms. The molecule has 1 atom stereocenters. The van der Waals surface area contributed by atoms with Gasteiger partial charge in [-0.3, -0.25) is 4.79 Å². The van der Waals surface area contributed by atoms with Crippen LogP contribution >= 0.6 is 15.9 Å². The molecule has 2 aromatic carbocycles. The Bertz CT molecular complexity index is 613. The van der Waals surface area contributed by atoms with Gasteiger partial charge in [0.2, 0.25) is 0 Å². The highest BCUT2D eigenvalue weighted by Crippen LogP contribution is 2.20. The molecule has 0 fully saturated rings. The molecule has 0 saturated heterocycles. The fourth-order valence-electron chi connectivity index (χ4n) is 2.16. The van der Waals surface area contributed by atoms with Crippen molar-refractivity contribution in [3.05, 3.63) is 64.1 Å². The number of quaternary nitrogens is 1. The van der Waals surface area contributed by atoms with Gasteiger partial charge in [0.05, 0.1) is 7.05 Å². The number of amides is 1. The van der Waals surface area contributed by atoms with Crippen molar-refractivity contribution in [3.8, 4) is 0 Å². The number of rotatable bonds is 5. The summed E-state index contributed by atoms with van der Waals surface area (Å²) in [7, 11) is 2.03. The number of carbonyl (C=O) groups excluding carboxylic acids is 1. The molecule has 0 aliphatic rings. The lowest BCUT2D eigenvalue weighted by atomic mass is 10.2. The first kappa shape index (κ1) is 15.7. The lowest BCUT2D eigenvalue weighted by Crippen LogP contribution is -3.08. The van der Waals surface area contributed by atoms with Crippen molar-refractivity contribution in [3.63, 3.8) is 0 Å². The minimum absolute atomic E-state index is 0.0270. The molecule has 2 N–H and O–H groups in total. The number of nitrogens with one attached hydrogen (secondary N) is 2. The van der Waals surface area contributed by atoms with Gasteiger partial charge in [-0.25, -0.2) is 0 Å². The van der Waals surface area contributed by atoms with Crippen molar-refractivity contribution in [1.82, 2.24) is 0 Å². The van der Waals surface area contributed by atoms with Crippen molar-refractivity contribution in [2.75, 3.05) is 18.9 Å². The molecule has 110 valence electrons. The monoisotopic (exact) mass is 347 g/mol. The van der Waals surface area contributed by atoms with E-state index < -0.39 is 0 Å². The maximum Gasteiger partial charge on any atom is 0.279 e. The molecule has 0 saturated carbocycles. The number of likely N-dealkylation sites (N-methyl/N-ethyl adjacent to an activating group) is 1. The van der Waals surface area contributed by atoms with Crippen LogP contribution < -0.4 is 10.2 Å². The molecule has 1 amide bonds. The van der Waals surface area contributed by atoms with Gasteiger partial charge in [0.1, 0.15) is 6.54 Å². The molecule has 0 spiro atoms. The van der Waals surface area contributed by atoms with Crippen LogP contribution in [0.25, 0.3) is 0 Å². The summed E-state index contributed by atoms with van der Waals surface area (Å²) in [6.45, 7) is 3.31. The van der Waals surface area contributed by atoms with Crippen LogP contribution in [0.1, 0.15) is 11.1 Å². The van der Waals surface area contributed by atoms with Gasteiger partial charge in [-0.1, -0.05) is 52.3 Å². The van der Waals surface area contributed by atoms with Gasteiger partial charge >= 0.3 is 0 Å². The molecule has 0 heterocycles. The average molecular weight is 348 g/mol. The summed E-state index contributed by atoms with van der Waals surface area (Å²) in [5, 5.41) is 2.94. The first-order valence-electron chi connectivity index (χ1n) is 6.96. The van der Waals surface area contributed by atoms with Gasteiger partial charge < -0.3 is 10.2 Å². The summed E-state index contributed by atoms with van der Waals surface area (Å²) in [5.74, 6) is 0.0270. The van der Waals surface area contributed by atoms with Crippen molar-refractivity contribution in [2.24, 2.45) is 0 Å². The van der Waals surface area contributed by atoms with Crippen molar-refractivity contribution >= 4 is 27.5 Å². The average Bonchev–Trinajstić information content (AvgIpc) is 2.43. The zero-order chi connectivity index (χ0) is 15.2. The van der Waals surface area contributed by atoms with Crippen molar-refractivity contribution in [1.29, 1.82) is 0 Å². The van der Waals surface area contributed by atoms with E-state index in [4.69, 9.17) is 0 Å². The van der Waals surface area contributed by atoms with E-state index >= 15 is 0 Å². The molecule has 2 rings (SSSR count). The van der Waals surface area contributed by atoms with Crippen LogP contribution in [0.3, 0.4) is 0 Å². The van der Waals surface area contributed by atoms with Gasteiger partial charge in [-0.15, -0.1) is 0 Å². The Morgan fingerprint density at radius 2 is 1.90 bits per heavy atom. The highest BCUT2D eigenvalue weighted by atomic mass is 79.9. The van der Waals surface area contributed by atoms with Crippen LogP contribution in [0.5, 0.6) is 0 Å². The van der Waals surface area contributed by atoms with E-state index in [0.717, 1.165) is 27.2 Å². The molecule has 3 nitrogen and oxygen atoms in total. The molecule has 0 bridgehead atoms. The number of aryl methyl sites for hydroxylation is 1. The minimum Gasteiger partial charge on any atom is -0.326 e. The van der Waals surface area contributed by atoms with Crippen LogP contribution in [0.2, 0.25) is 0 Å². The quantitative estimate of drug-likeness (QED) is 0.855. The Labute approximate surface area is 134 Å². The largest absolute Gasteiger partial charge is 0.326 e. The van der Waals surface area contributed by atoms with E-state index in [1.807, 2.05) is 50.4 Å². The molecular formula is C17H20BrN2O+. The van der Waals surface area contributed by atoms with E-state index in [1.165, 1.54) is 5.56 Å². The summed E-state index contributed by atoms with van der Waals surface area (Å²) < 4.78 is 1.00. The summed E-state index contributed by atoms with van der Waals surface area (Å²) in [6, 6.07) is 16.0. The number of halogens is 1. The zero-order valence-corrected chi connectivity index (χ0v) is 13.9. The minimum atomic E-state index is 0.0270. The lowest BCUT2D eigenvalue weighted by molar-refractivity contribution is -0.885. The van der Waals surface area contributed by atoms with Gasteiger partial charge in [0, 0.05) is 15.7 Å². The van der Waals surface area contributed by atoms with Crippen molar-refractivity contribution < 1.29 is 9.69 Å². The Balaban J connectivity index is 1.87. The molecule has 0 aliphatic heterocycles. The molecule has 2 aromatic rings. The van der Waals surface area contributed by atoms with E-state index in [2.05, 4.69) is 33.4 Å². The standard InChI is InChI=1S/C17H19BrN2O/c1-13-8-9-15(10-16(13)18)19-17(21)12-20(2)11-14-6-4-3-5-7-14/h3-10H,11-12H2,1-2H3,(H,19,21)/p+1. The van der Waals surface area contributed by atoms with E-state index in [1.54, 1.807) is 0 Å². The van der Waals surface area contributed by atoms with E-state index in [9.17, 15) is 4.79 Å². The third-order valence-corrected chi connectivity index (χ3v) is 4.12. The normalized spacial score (nSPS) is 12.0. The zero-order valence-electron chi connectivity index (χ0n) is 12.3. The first-order chi connectivity index (χ1) is 10.0. The van der Waals surface area contributed by atoms with Gasteiger partial charge in [0.25, 0.3) is 5.91 Å². The van der Waals surface area contributed by atoms with E-state index in [-0.39, 0.29) is 5.91 Å². The number of hydrogen-bond donors (Lipinski definition) is 2. The predicted octanol–water partition coefficient (Wildman–Crippen LogP) is 2.41. The fourth-order valence-corrected chi connectivity index (χ4v) is 2.54. The molecule has 1 unspecified atom stereocenters. The number of hydrogen-bond acceptors (Lipinski definition) is 1. The van der Waals surface area contributed by atoms with Crippen LogP contribution in [-0.4, -0.2) is 19.5 Å². The van der Waals surface area contributed by atoms with Crippen LogP contribution in [-0.2, 0) is 11.3 Å². The topological polar surface area (TPSA) is 33.5 Å². The second-order valence-electron chi connectivity index (χ2n) is 5.31. The Morgan fingerprint density at radius 3 is 2.57 bits per heavy atom. The molecule has 0 radical (unpaired) electrons. The van der Waals surface area contributed by atoms with Gasteiger partial charge in [-0.05, 0) is 24.6 Å². The Hall–Kier alpha value is -1.65. The summed E-state index contributed by atoms with van der Waals surface area (Å²) in [5.41, 5.74) is 3.21. The molecular weight excluding hydrogens is 328 g/mol. The summed E-state index contributed by atoms with van der Waals surface area (Å²) >= 11 is 3.47. The summed E-state index contributed by atoms with van der Waals surface area (Å²) in [4.78, 5) is 13.2. The molecule has 21 heavy (non-hydrogen) atoms. The SMILES string of the molecule is Cc1ccc(NC(=O)C[NH+](C)Cc2ccccc2)cc1Br. The highest BCUT2D eigenvalue weighted by molar-refractivity contribution is 9.10. The van der Waals surface area contributed by atoms with Crippen LogP contribution in [0.15, 0.2) is 53.0 Å². The second-order valence-corrected chi connectivity index (χ2v) is 6.16. The smallest absolute Gasteiger partial charge is 0.279 e. The maximum absolute atomic E-state index is 12.1. The third kappa shape index (κ3) is 4.99. The maximum atomic E-state index is 12.1. The third-order valence-electron chi connectivity index (χ3n) is 3.27. The number of benzene rings is 2. The van der Waals surface area contributed by atoms with Gasteiger partial charge in [-0.2, -0.15) is 0 Å². The number of carbonyl (C=O) groups is 1. The van der Waals surface area contributed by atoms with Crippen LogP contribution in [0, 0.1) is 6.92 Å². The molecule has 0 aromatic heterocycles. The fraction of sp³-hybridized carbons (Fsp3) is 0.235. The Kier molecular flexibility index (Phi) is 5.53. The van der Waals surface area contributed by atoms with Crippen molar-refractivity contribution in [2.45, 2.75) is 13.5 Å². The van der Waals surface area contributed by atoms with E-state index in [0.29, 0.717) is 6.54 Å². The summed E-state index contributed by atoms with van der Waals surface area (Å²) in [6.07, 6.45) is 0.